The van der Waals surface area contributed by atoms with Crippen molar-refractivity contribution in [3.05, 3.63) is 12.2 Å². The Balaban J connectivity index is 2.68. The van der Waals surface area contributed by atoms with Crippen molar-refractivity contribution >= 4 is 11.8 Å². The molecule has 0 fully saturated rings. The Morgan fingerprint density at radius 2 is 1.30 bits per heavy atom. The lowest BCUT2D eigenvalue weighted by Crippen LogP contribution is -2.42. The highest BCUT2D eigenvalue weighted by molar-refractivity contribution is 6.12. The molecular formula is C16H27NO6. The maximum atomic E-state index is 11.7. The highest BCUT2D eigenvalue weighted by atomic mass is 17.3. The van der Waals surface area contributed by atoms with E-state index in [1.807, 2.05) is 41.5 Å². The van der Waals surface area contributed by atoms with Crippen LogP contribution in [0.3, 0.4) is 0 Å². The Bertz CT molecular complexity index is 419. The molecule has 0 aliphatic carbocycles. The van der Waals surface area contributed by atoms with Gasteiger partial charge in [-0.3, -0.25) is 14.5 Å². The molecule has 1 heterocycles. The molecule has 132 valence electrons. The van der Waals surface area contributed by atoms with Crippen molar-refractivity contribution in [3.63, 3.8) is 0 Å². The Hall–Kier alpha value is -1.28. The Morgan fingerprint density at radius 3 is 1.65 bits per heavy atom. The molecule has 1 rings (SSSR count). The maximum Gasteiger partial charge on any atom is 0.253 e. The van der Waals surface area contributed by atoms with Gasteiger partial charge in [-0.05, 0) is 40.5 Å². The maximum absolute atomic E-state index is 11.7. The second kappa shape index (κ2) is 8.01. The fourth-order valence-corrected chi connectivity index (χ4v) is 1.32. The summed E-state index contributed by atoms with van der Waals surface area (Å²) in [6.07, 6.45) is 2.79. The largest absolute Gasteiger partial charge is 0.270 e. The van der Waals surface area contributed by atoms with Gasteiger partial charge in [0, 0.05) is 12.2 Å². The van der Waals surface area contributed by atoms with Crippen LogP contribution in [0.5, 0.6) is 0 Å². The van der Waals surface area contributed by atoms with E-state index in [4.69, 9.17) is 19.6 Å². The molecule has 0 aromatic rings. The minimum atomic E-state index is -1.04. The van der Waals surface area contributed by atoms with E-state index in [1.165, 1.54) is 12.2 Å². The lowest BCUT2D eigenvalue weighted by molar-refractivity contribution is -0.499. The molecule has 1 aliphatic heterocycles. The number of carbonyl (C=O) groups is 2. The minimum absolute atomic E-state index is 0.121. The summed E-state index contributed by atoms with van der Waals surface area (Å²) in [4.78, 5) is 45.6. The van der Waals surface area contributed by atoms with Crippen molar-refractivity contribution in [2.45, 2.75) is 71.9 Å². The van der Waals surface area contributed by atoms with Crippen LogP contribution in [0, 0.1) is 0 Å². The highest BCUT2D eigenvalue weighted by Gasteiger charge is 2.31. The molecule has 0 atom stereocenters. The predicted octanol–water partition coefficient (Wildman–Crippen LogP) is 2.51. The molecule has 0 aromatic heterocycles. The first kappa shape index (κ1) is 19.8. The van der Waals surface area contributed by atoms with Gasteiger partial charge in [0.05, 0.1) is 17.7 Å². The summed E-state index contributed by atoms with van der Waals surface area (Å²) in [6.45, 7) is 11.2. The van der Waals surface area contributed by atoms with Gasteiger partial charge in [0.1, 0.15) is 0 Å². The monoisotopic (exact) mass is 329 g/mol. The van der Waals surface area contributed by atoms with Crippen molar-refractivity contribution in [3.8, 4) is 0 Å². The van der Waals surface area contributed by atoms with Crippen LogP contribution in [0.2, 0.25) is 0 Å². The van der Waals surface area contributed by atoms with E-state index in [0.29, 0.717) is 12.8 Å². The second-order valence-electron chi connectivity index (χ2n) is 6.64. The van der Waals surface area contributed by atoms with E-state index in [2.05, 4.69) is 0 Å². The van der Waals surface area contributed by atoms with Crippen LogP contribution in [0.4, 0.5) is 0 Å². The average molecular weight is 329 g/mol. The van der Waals surface area contributed by atoms with E-state index < -0.39 is 29.3 Å². The van der Waals surface area contributed by atoms with Gasteiger partial charge >= 0.3 is 0 Å². The Morgan fingerprint density at radius 1 is 0.913 bits per heavy atom. The van der Waals surface area contributed by atoms with Crippen LogP contribution >= 0.6 is 0 Å². The van der Waals surface area contributed by atoms with Gasteiger partial charge < -0.3 is 0 Å². The van der Waals surface area contributed by atoms with Gasteiger partial charge in [-0.1, -0.05) is 13.8 Å². The van der Waals surface area contributed by atoms with E-state index >= 15 is 0 Å². The van der Waals surface area contributed by atoms with Crippen LogP contribution < -0.4 is 0 Å². The molecule has 0 radical (unpaired) electrons. The highest BCUT2D eigenvalue weighted by Crippen LogP contribution is 2.19. The quantitative estimate of drug-likeness (QED) is 0.265. The summed E-state index contributed by atoms with van der Waals surface area (Å²) in [5.41, 5.74) is -1.06. The molecule has 0 unspecified atom stereocenters. The third kappa shape index (κ3) is 6.39. The summed E-state index contributed by atoms with van der Waals surface area (Å²) >= 11 is 0. The molecule has 0 aromatic carbocycles. The molecule has 0 spiro atoms. The van der Waals surface area contributed by atoms with Crippen LogP contribution in [-0.4, -0.2) is 40.8 Å². The average Bonchev–Trinajstić information content (AvgIpc) is 2.81. The van der Waals surface area contributed by atoms with Gasteiger partial charge in [-0.25, -0.2) is 9.78 Å². The third-order valence-electron chi connectivity index (χ3n) is 3.70. The predicted molar refractivity (Wildman–Crippen MR) is 82.7 cm³/mol. The Kier molecular flexibility index (Phi) is 6.88. The van der Waals surface area contributed by atoms with Crippen molar-refractivity contribution in [1.82, 2.24) is 4.90 Å². The standard InChI is InChI=1S/C16H27NO6/c1-7-15(3,4)22-20-14(21-23-16(5,6)8-2)11-17-12(18)9-10-13(17)19/h9-10,14H,7-8,11H2,1-6H3. The molecule has 0 N–H and O–H groups in total. The number of imide groups is 1. The third-order valence-corrected chi connectivity index (χ3v) is 3.70. The summed E-state index contributed by atoms with van der Waals surface area (Å²) in [5.74, 6) is -0.839. The number of hydrogen-bond acceptors (Lipinski definition) is 6. The molecule has 0 saturated heterocycles. The van der Waals surface area contributed by atoms with Crippen LogP contribution in [0.15, 0.2) is 12.2 Å². The van der Waals surface area contributed by atoms with Gasteiger partial charge in [0.2, 0.25) is 6.29 Å². The first-order chi connectivity index (χ1) is 10.6. The number of carbonyl (C=O) groups excluding carboxylic acids is 2. The van der Waals surface area contributed by atoms with E-state index in [1.54, 1.807) is 0 Å². The smallest absolute Gasteiger partial charge is 0.253 e. The molecule has 7 heteroatoms. The minimum Gasteiger partial charge on any atom is -0.270 e. The molecular weight excluding hydrogens is 302 g/mol. The molecule has 23 heavy (non-hydrogen) atoms. The van der Waals surface area contributed by atoms with E-state index in [9.17, 15) is 9.59 Å². The first-order valence-corrected chi connectivity index (χ1v) is 7.82. The van der Waals surface area contributed by atoms with Crippen LogP contribution in [0.25, 0.3) is 0 Å². The summed E-state index contributed by atoms with van der Waals surface area (Å²) in [6, 6.07) is 0. The normalized spacial score (nSPS) is 16.0. The fraction of sp³-hybridized carbons (Fsp3) is 0.750. The van der Waals surface area contributed by atoms with Gasteiger partial charge in [-0.2, -0.15) is 9.78 Å². The molecule has 1 aliphatic rings. The molecule has 2 amide bonds. The summed E-state index contributed by atoms with van der Waals surface area (Å²) in [7, 11) is 0. The number of nitrogens with zero attached hydrogens (tertiary/aromatic N) is 1. The van der Waals surface area contributed by atoms with Gasteiger partial charge in [0.25, 0.3) is 11.8 Å². The topological polar surface area (TPSA) is 74.3 Å². The second-order valence-corrected chi connectivity index (χ2v) is 6.64. The Labute approximate surface area is 137 Å². The zero-order valence-corrected chi connectivity index (χ0v) is 14.8. The molecule has 0 saturated carbocycles. The van der Waals surface area contributed by atoms with Crippen molar-refractivity contribution in [2.75, 3.05) is 6.54 Å². The van der Waals surface area contributed by atoms with Crippen molar-refractivity contribution in [2.24, 2.45) is 0 Å². The number of rotatable bonds is 10. The first-order valence-electron chi connectivity index (χ1n) is 7.82. The van der Waals surface area contributed by atoms with Crippen LogP contribution in [-0.2, 0) is 29.1 Å². The lowest BCUT2D eigenvalue weighted by Gasteiger charge is -2.29. The zero-order valence-electron chi connectivity index (χ0n) is 14.8. The van der Waals surface area contributed by atoms with Gasteiger partial charge in [-0.15, -0.1) is 0 Å². The summed E-state index contributed by atoms with van der Waals surface area (Å²) in [5, 5.41) is 0. The van der Waals surface area contributed by atoms with E-state index in [0.717, 1.165) is 4.90 Å². The SMILES string of the molecule is CCC(C)(C)OOC(CN1C(=O)C=CC1=O)OOC(C)(C)CC. The number of hydrogen-bond donors (Lipinski definition) is 0. The van der Waals surface area contributed by atoms with Crippen LogP contribution in [0.1, 0.15) is 54.4 Å². The lowest BCUT2D eigenvalue weighted by atomic mass is 10.1. The molecule has 0 bridgehead atoms. The van der Waals surface area contributed by atoms with Crippen molar-refractivity contribution in [1.29, 1.82) is 0 Å². The van der Waals surface area contributed by atoms with Crippen molar-refractivity contribution < 1.29 is 29.1 Å². The number of amides is 2. The zero-order chi connectivity index (χ0) is 17.7. The fourth-order valence-electron chi connectivity index (χ4n) is 1.32. The van der Waals surface area contributed by atoms with E-state index in [-0.39, 0.29) is 6.54 Å². The molecule has 7 nitrogen and oxygen atoms in total. The van der Waals surface area contributed by atoms with Gasteiger partial charge in [0.15, 0.2) is 0 Å². The summed E-state index contributed by atoms with van der Waals surface area (Å²) < 4.78 is 0.